The first-order valence-corrected chi connectivity index (χ1v) is 15.5. The van der Waals surface area contributed by atoms with Crippen LogP contribution >= 0.6 is 0 Å². The van der Waals surface area contributed by atoms with Gasteiger partial charge in [0, 0.05) is 11.1 Å². The molecular weight excluding hydrogens is 480 g/mol. The molecule has 0 aliphatic rings. The number of anilines is 2. The summed E-state index contributed by atoms with van der Waals surface area (Å²) in [6.45, 7) is 12.7. The third kappa shape index (κ3) is 6.41. The van der Waals surface area contributed by atoms with Crippen LogP contribution in [0.3, 0.4) is 0 Å². The number of nitrogens with two attached hydrogens (primary N) is 1. The van der Waals surface area contributed by atoms with Crippen molar-refractivity contribution in [3.8, 4) is 11.5 Å². The number of nitrogen functional groups attached to an aromatic ring is 1. The number of carbonyl (C=O) groups is 2. The van der Waals surface area contributed by atoms with Crippen LogP contribution < -0.4 is 20.2 Å². The average molecular weight is 519 g/mol. The summed E-state index contributed by atoms with van der Waals surface area (Å²) in [6.07, 6.45) is 1.97. The summed E-state index contributed by atoms with van der Waals surface area (Å²) in [5.74, 6) is 0.414. The van der Waals surface area contributed by atoms with E-state index in [-0.39, 0.29) is 33.7 Å². The van der Waals surface area contributed by atoms with Crippen molar-refractivity contribution in [3.05, 3.63) is 82.9 Å². The lowest BCUT2D eigenvalue weighted by molar-refractivity contribution is 0.102. The van der Waals surface area contributed by atoms with Crippen LogP contribution in [0, 0.1) is 0 Å². The number of aryl methyl sites for hydroxylation is 1. The summed E-state index contributed by atoms with van der Waals surface area (Å²) in [5.41, 5.74) is 9.22. The summed E-state index contributed by atoms with van der Waals surface area (Å²) < 4.78 is 11.8. The molecule has 0 saturated carbocycles. The molecule has 3 aromatic rings. The molecule has 0 spiro atoms. The molecule has 0 atom stereocenters. The van der Waals surface area contributed by atoms with Crippen molar-refractivity contribution in [1.29, 1.82) is 0 Å². The molecule has 0 bridgehead atoms. The van der Waals surface area contributed by atoms with Gasteiger partial charge in [0.2, 0.25) is 0 Å². The molecule has 1 amide bonds. The average Bonchev–Trinajstić information content (AvgIpc) is 2.85. The Kier molecular flexibility index (Phi) is 8.48. The fourth-order valence-electron chi connectivity index (χ4n) is 3.66. The standard InChI is InChI=1S/C30H38N2O4Si/c1-8-9-20-10-12-22(13-11-20)29(34)32-27-24(31)18-19-25(36-37(6,7)30(2,3)4)26(27)28(33)21-14-16-23(35-5)17-15-21/h10-19H,8-9,31H2,1-7H3,(H,32,34). The second-order valence-corrected chi connectivity index (χ2v) is 15.4. The lowest BCUT2D eigenvalue weighted by Gasteiger charge is -2.37. The molecule has 7 heteroatoms. The molecule has 0 unspecified atom stereocenters. The van der Waals surface area contributed by atoms with Gasteiger partial charge in [-0.05, 0) is 78.6 Å². The number of amides is 1. The van der Waals surface area contributed by atoms with Crippen LogP contribution in [0.5, 0.6) is 11.5 Å². The lowest BCUT2D eigenvalue weighted by Crippen LogP contribution is -2.44. The van der Waals surface area contributed by atoms with E-state index in [0.717, 1.165) is 12.8 Å². The van der Waals surface area contributed by atoms with Gasteiger partial charge in [0.05, 0.1) is 24.0 Å². The van der Waals surface area contributed by atoms with Gasteiger partial charge in [0.15, 0.2) is 5.78 Å². The zero-order valence-corrected chi connectivity index (χ0v) is 23.9. The highest BCUT2D eigenvalue weighted by Crippen LogP contribution is 2.41. The van der Waals surface area contributed by atoms with Gasteiger partial charge >= 0.3 is 0 Å². The largest absolute Gasteiger partial charge is 0.543 e. The normalized spacial score (nSPS) is 11.6. The van der Waals surface area contributed by atoms with E-state index in [0.29, 0.717) is 22.6 Å². The Bertz CT molecular complexity index is 1260. The number of hydrogen-bond donors (Lipinski definition) is 2. The Morgan fingerprint density at radius 2 is 1.51 bits per heavy atom. The topological polar surface area (TPSA) is 90.7 Å². The van der Waals surface area contributed by atoms with Crippen molar-refractivity contribution in [2.45, 2.75) is 58.7 Å². The summed E-state index contributed by atoms with van der Waals surface area (Å²) in [6, 6.07) is 17.7. The maximum atomic E-state index is 13.9. The van der Waals surface area contributed by atoms with Crippen molar-refractivity contribution in [1.82, 2.24) is 0 Å². The molecule has 0 radical (unpaired) electrons. The second kappa shape index (κ2) is 11.2. The molecule has 6 nitrogen and oxygen atoms in total. The van der Waals surface area contributed by atoms with Crippen LogP contribution in [0.2, 0.25) is 18.1 Å². The summed E-state index contributed by atoms with van der Waals surface area (Å²) in [5, 5.41) is 2.81. The van der Waals surface area contributed by atoms with E-state index in [4.69, 9.17) is 14.9 Å². The molecule has 3 rings (SSSR count). The molecule has 0 heterocycles. The van der Waals surface area contributed by atoms with E-state index in [9.17, 15) is 9.59 Å². The molecular formula is C30H38N2O4Si. The number of benzene rings is 3. The maximum absolute atomic E-state index is 13.9. The fourth-order valence-corrected chi connectivity index (χ4v) is 4.68. The predicted octanol–water partition coefficient (Wildman–Crippen LogP) is 7.10. The van der Waals surface area contributed by atoms with Crippen molar-refractivity contribution >= 4 is 31.4 Å². The fraction of sp³-hybridized carbons (Fsp3) is 0.333. The summed E-state index contributed by atoms with van der Waals surface area (Å²) in [4.78, 5) is 27.2. The first-order valence-electron chi connectivity index (χ1n) is 12.6. The van der Waals surface area contributed by atoms with Crippen molar-refractivity contribution < 1.29 is 18.8 Å². The Hall–Kier alpha value is -3.58. The molecule has 3 N–H and O–H groups in total. The van der Waals surface area contributed by atoms with Gasteiger partial charge in [-0.1, -0.05) is 46.2 Å². The molecule has 196 valence electrons. The smallest absolute Gasteiger partial charge is 0.255 e. The quantitative estimate of drug-likeness (QED) is 0.179. The zero-order valence-electron chi connectivity index (χ0n) is 22.9. The van der Waals surface area contributed by atoms with Crippen molar-refractivity contribution in [3.63, 3.8) is 0 Å². The van der Waals surface area contributed by atoms with Crippen LogP contribution in [0.1, 0.15) is 66.0 Å². The molecule has 0 fully saturated rings. The highest BCUT2D eigenvalue weighted by atomic mass is 28.4. The van der Waals surface area contributed by atoms with Gasteiger partial charge in [-0.15, -0.1) is 0 Å². The van der Waals surface area contributed by atoms with Crippen LogP contribution in [-0.4, -0.2) is 27.1 Å². The third-order valence-corrected chi connectivity index (χ3v) is 11.3. The van der Waals surface area contributed by atoms with Crippen LogP contribution in [-0.2, 0) is 6.42 Å². The SMILES string of the molecule is CCCc1ccc(C(=O)Nc2c(N)ccc(O[Si](C)(C)C(C)(C)C)c2C(=O)c2ccc(OC)cc2)cc1. The van der Waals surface area contributed by atoms with E-state index in [2.05, 4.69) is 46.1 Å². The van der Waals surface area contributed by atoms with Gasteiger partial charge in [0.1, 0.15) is 11.5 Å². The number of nitrogens with one attached hydrogen (secondary N) is 1. The lowest BCUT2D eigenvalue weighted by atomic mass is 9.99. The van der Waals surface area contributed by atoms with Gasteiger partial charge in [-0.3, -0.25) is 9.59 Å². The number of ether oxygens (including phenoxy) is 1. The molecule has 0 aliphatic heterocycles. The van der Waals surface area contributed by atoms with Crippen molar-refractivity contribution in [2.75, 3.05) is 18.2 Å². The van der Waals surface area contributed by atoms with E-state index in [1.165, 1.54) is 5.56 Å². The van der Waals surface area contributed by atoms with E-state index in [1.807, 2.05) is 12.1 Å². The number of methoxy groups -OCH3 is 1. The number of carbonyl (C=O) groups excluding carboxylic acids is 2. The van der Waals surface area contributed by atoms with Gasteiger partial charge in [-0.25, -0.2) is 0 Å². The predicted molar refractivity (Wildman–Crippen MR) is 153 cm³/mol. The summed E-state index contributed by atoms with van der Waals surface area (Å²) >= 11 is 0. The minimum Gasteiger partial charge on any atom is -0.543 e. The van der Waals surface area contributed by atoms with Crippen LogP contribution in [0.25, 0.3) is 0 Å². The van der Waals surface area contributed by atoms with E-state index >= 15 is 0 Å². The molecule has 3 aromatic carbocycles. The highest BCUT2D eigenvalue weighted by molar-refractivity contribution is 6.74. The Morgan fingerprint density at radius 1 is 0.919 bits per heavy atom. The minimum atomic E-state index is -2.32. The first kappa shape index (κ1) is 28.0. The Labute approximate surface area is 221 Å². The zero-order chi connectivity index (χ0) is 27.4. The molecule has 0 aromatic heterocycles. The Morgan fingerprint density at radius 3 is 2.05 bits per heavy atom. The number of hydrogen-bond acceptors (Lipinski definition) is 5. The van der Waals surface area contributed by atoms with E-state index in [1.54, 1.807) is 55.6 Å². The van der Waals surface area contributed by atoms with Crippen molar-refractivity contribution in [2.24, 2.45) is 0 Å². The Balaban J connectivity index is 2.10. The van der Waals surface area contributed by atoms with Gasteiger partial charge in [0.25, 0.3) is 14.2 Å². The number of rotatable bonds is 9. The highest BCUT2D eigenvalue weighted by Gasteiger charge is 2.40. The third-order valence-electron chi connectivity index (χ3n) is 6.94. The van der Waals surface area contributed by atoms with Gasteiger partial charge in [-0.2, -0.15) is 0 Å². The van der Waals surface area contributed by atoms with Gasteiger partial charge < -0.3 is 20.2 Å². The van der Waals surface area contributed by atoms with Crippen LogP contribution in [0.4, 0.5) is 11.4 Å². The van der Waals surface area contributed by atoms with E-state index < -0.39 is 8.32 Å². The molecule has 0 aliphatic carbocycles. The first-order chi connectivity index (χ1) is 17.4. The van der Waals surface area contributed by atoms with Crippen LogP contribution in [0.15, 0.2) is 60.7 Å². The number of ketones is 1. The molecule has 37 heavy (non-hydrogen) atoms. The second-order valence-electron chi connectivity index (χ2n) is 10.7. The molecule has 0 saturated heterocycles. The monoisotopic (exact) mass is 518 g/mol. The minimum absolute atomic E-state index is 0.0987. The summed E-state index contributed by atoms with van der Waals surface area (Å²) in [7, 11) is -0.751. The maximum Gasteiger partial charge on any atom is 0.255 e.